The minimum atomic E-state index is -0.277. The van der Waals surface area contributed by atoms with Crippen molar-refractivity contribution in [1.29, 1.82) is 0 Å². The zero-order valence-corrected chi connectivity index (χ0v) is 10.2. The number of nitrogens with two attached hydrogens (primary N) is 1. The quantitative estimate of drug-likeness (QED) is 0.858. The van der Waals surface area contributed by atoms with Crippen molar-refractivity contribution < 1.29 is 4.52 Å². The molecule has 0 aliphatic carbocycles. The molecule has 5 nitrogen and oxygen atoms in total. The van der Waals surface area contributed by atoms with Crippen LogP contribution in [0.5, 0.6) is 0 Å². The summed E-state index contributed by atoms with van der Waals surface area (Å²) in [7, 11) is 0. The summed E-state index contributed by atoms with van der Waals surface area (Å²) < 4.78 is 5.19. The first-order valence-electron chi connectivity index (χ1n) is 5.48. The number of rotatable bonds is 2. The van der Waals surface area contributed by atoms with E-state index in [0.717, 1.165) is 5.56 Å². The van der Waals surface area contributed by atoms with Crippen LogP contribution in [0.15, 0.2) is 29.0 Å². The molecule has 0 aliphatic heterocycles. The minimum Gasteiger partial charge on any atom is -0.337 e. The predicted molar refractivity (Wildman–Crippen MR) is 63.9 cm³/mol. The van der Waals surface area contributed by atoms with E-state index in [-0.39, 0.29) is 11.5 Å². The fraction of sp³-hybridized carbons (Fsp3) is 0.417. The third-order valence-corrected chi connectivity index (χ3v) is 2.56. The molecule has 2 aromatic heterocycles. The molecule has 0 aliphatic rings. The molecule has 17 heavy (non-hydrogen) atoms. The van der Waals surface area contributed by atoms with Gasteiger partial charge in [0.1, 0.15) is 0 Å². The van der Waals surface area contributed by atoms with Crippen LogP contribution in [-0.4, -0.2) is 15.1 Å². The number of nitrogens with zero attached hydrogens (tertiary/aromatic N) is 3. The van der Waals surface area contributed by atoms with E-state index in [9.17, 15) is 0 Å². The fourth-order valence-corrected chi connectivity index (χ4v) is 1.34. The molecule has 0 aromatic carbocycles. The summed E-state index contributed by atoms with van der Waals surface area (Å²) in [5.41, 5.74) is 6.76. The summed E-state index contributed by atoms with van der Waals surface area (Å²) in [5, 5.41) is 3.91. The molecule has 2 N–H and O–H groups in total. The number of hydrogen-bond acceptors (Lipinski definition) is 5. The summed E-state index contributed by atoms with van der Waals surface area (Å²) in [6.45, 7) is 6.10. The van der Waals surface area contributed by atoms with Gasteiger partial charge in [0.15, 0.2) is 0 Å². The predicted octanol–water partition coefficient (Wildman–Crippen LogP) is 2.18. The van der Waals surface area contributed by atoms with Gasteiger partial charge in [-0.2, -0.15) is 4.98 Å². The van der Waals surface area contributed by atoms with Gasteiger partial charge < -0.3 is 10.3 Å². The summed E-state index contributed by atoms with van der Waals surface area (Å²) in [6, 6.07) is 3.43. The SMILES string of the molecule is CC(C)(C)C(N)c1nc(-c2cccnc2)no1. The van der Waals surface area contributed by atoms with Gasteiger partial charge in [0.2, 0.25) is 11.7 Å². The highest BCUT2D eigenvalue weighted by atomic mass is 16.5. The van der Waals surface area contributed by atoms with Crippen molar-refractivity contribution in [3.05, 3.63) is 30.4 Å². The number of hydrogen-bond donors (Lipinski definition) is 1. The molecule has 1 atom stereocenters. The lowest BCUT2D eigenvalue weighted by Gasteiger charge is -2.23. The van der Waals surface area contributed by atoms with Crippen molar-refractivity contribution in [1.82, 2.24) is 15.1 Å². The molecule has 5 heteroatoms. The molecular formula is C12H16N4O. The molecule has 1 unspecified atom stereocenters. The Kier molecular flexibility index (Phi) is 2.93. The normalized spacial score (nSPS) is 13.6. The Morgan fingerprint density at radius 2 is 2.12 bits per heavy atom. The molecule has 0 saturated carbocycles. The highest BCUT2D eigenvalue weighted by Crippen LogP contribution is 2.30. The third-order valence-electron chi connectivity index (χ3n) is 2.56. The monoisotopic (exact) mass is 232 g/mol. The topological polar surface area (TPSA) is 77.8 Å². The average Bonchev–Trinajstić information content (AvgIpc) is 2.77. The van der Waals surface area contributed by atoms with E-state index in [2.05, 4.69) is 15.1 Å². The lowest BCUT2D eigenvalue weighted by atomic mass is 9.87. The Labute approximate surface area is 100 Å². The lowest BCUT2D eigenvalue weighted by Crippen LogP contribution is -2.26. The van der Waals surface area contributed by atoms with Crippen LogP contribution >= 0.6 is 0 Å². The van der Waals surface area contributed by atoms with Crippen LogP contribution in [0.4, 0.5) is 0 Å². The van der Waals surface area contributed by atoms with Gasteiger partial charge in [-0.05, 0) is 17.5 Å². The van der Waals surface area contributed by atoms with Gasteiger partial charge in [-0.1, -0.05) is 25.9 Å². The van der Waals surface area contributed by atoms with Gasteiger partial charge >= 0.3 is 0 Å². The first-order chi connectivity index (χ1) is 7.98. The Morgan fingerprint density at radius 3 is 2.71 bits per heavy atom. The van der Waals surface area contributed by atoms with E-state index in [1.165, 1.54) is 0 Å². The van der Waals surface area contributed by atoms with Crippen molar-refractivity contribution >= 4 is 0 Å². The molecule has 0 saturated heterocycles. The second-order valence-corrected chi connectivity index (χ2v) is 5.04. The zero-order valence-electron chi connectivity index (χ0n) is 10.2. The van der Waals surface area contributed by atoms with Crippen LogP contribution < -0.4 is 5.73 Å². The third kappa shape index (κ3) is 2.50. The van der Waals surface area contributed by atoms with Gasteiger partial charge in [-0.25, -0.2) is 0 Å². The van der Waals surface area contributed by atoms with Crippen molar-refractivity contribution in [2.45, 2.75) is 26.8 Å². The van der Waals surface area contributed by atoms with Crippen LogP contribution in [0.1, 0.15) is 32.7 Å². The van der Waals surface area contributed by atoms with Crippen molar-refractivity contribution in [3.8, 4) is 11.4 Å². The fourth-order valence-electron chi connectivity index (χ4n) is 1.34. The molecule has 2 aromatic rings. The van der Waals surface area contributed by atoms with Crippen LogP contribution in [0.25, 0.3) is 11.4 Å². The largest absolute Gasteiger partial charge is 0.337 e. The van der Waals surface area contributed by atoms with Crippen molar-refractivity contribution in [2.75, 3.05) is 0 Å². The van der Waals surface area contributed by atoms with Gasteiger partial charge in [0.25, 0.3) is 0 Å². The Balaban J connectivity index is 2.28. The van der Waals surface area contributed by atoms with Crippen LogP contribution in [0.3, 0.4) is 0 Å². The van der Waals surface area contributed by atoms with Crippen LogP contribution in [0, 0.1) is 5.41 Å². The van der Waals surface area contributed by atoms with E-state index in [0.29, 0.717) is 11.7 Å². The summed E-state index contributed by atoms with van der Waals surface area (Å²) in [4.78, 5) is 8.32. The molecule has 0 amide bonds. The van der Waals surface area contributed by atoms with Gasteiger partial charge in [0, 0.05) is 18.0 Å². The molecule has 2 rings (SSSR count). The molecular weight excluding hydrogens is 216 g/mol. The standard InChI is InChI=1S/C12H16N4O/c1-12(2,3)9(13)11-15-10(16-17-11)8-5-4-6-14-7-8/h4-7,9H,13H2,1-3H3. The second kappa shape index (κ2) is 4.25. The van der Waals surface area contributed by atoms with Crippen molar-refractivity contribution in [3.63, 3.8) is 0 Å². The van der Waals surface area contributed by atoms with E-state index >= 15 is 0 Å². The maximum atomic E-state index is 6.05. The zero-order chi connectivity index (χ0) is 12.5. The number of aromatic nitrogens is 3. The first-order valence-corrected chi connectivity index (χ1v) is 5.48. The van der Waals surface area contributed by atoms with E-state index in [1.54, 1.807) is 12.4 Å². The Morgan fingerprint density at radius 1 is 1.35 bits per heavy atom. The second-order valence-electron chi connectivity index (χ2n) is 5.04. The van der Waals surface area contributed by atoms with E-state index in [4.69, 9.17) is 10.3 Å². The van der Waals surface area contributed by atoms with Crippen LogP contribution in [-0.2, 0) is 0 Å². The number of pyridine rings is 1. The Hall–Kier alpha value is -1.75. The molecule has 0 bridgehead atoms. The van der Waals surface area contributed by atoms with Gasteiger partial charge in [0.05, 0.1) is 6.04 Å². The molecule has 2 heterocycles. The van der Waals surface area contributed by atoms with E-state index < -0.39 is 0 Å². The molecule has 90 valence electrons. The maximum Gasteiger partial charge on any atom is 0.244 e. The average molecular weight is 232 g/mol. The highest BCUT2D eigenvalue weighted by Gasteiger charge is 2.27. The summed E-state index contributed by atoms with van der Waals surface area (Å²) in [5.74, 6) is 0.976. The van der Waals surface area contributed by atoms with Crippen molar-refractivity contribution in [2.24, 2.45) is 11.1 Å². The summed E-state index contributed by atoms with van der Waals surface area (Å²) >= 11 is 0. The van der Waals surface area contributed by atoms with E-state index in [1.807, 2.05) is 32.9 Å². The molecule has 0 radical (unpaired) electrons. The minimum absolute atomic E-state index is 0.112. The smallest absolute Gasteiger partial charge is 0.244 e. The lowest BCUT2D eigenvalue weighted by molar-refractivity contribution is 0.253. The highest BCUT2D eigenvalue weighted by molar-refractivity contribution is 5.51. The summed E-state index contributed by atoms with van der Waals surface area (Å²) in [6.07, 6.45) is 3.39. The Bertz CT molecular complexity index is 487. The molecule has 0 spiro atoms. The maximum absolute atomic E-state index is 6.05. The first kappa shape index (κ1) is 11.7. The van der Waals surface area contributed by atoms with Crippen LogP contribution in [0.2, 0.25) is 0 Å². The van der Waals surface area contributed by atoms with Gasteiger partial charge in [-0.3, -0.25) is 4.98 Å². The van der Waals surface area contributed by atoms with Gasteiger partial charge in [-0.15, -0.1) is 0 Å². The molecule has 0 fully saturated rings.